The van der Waals surface area contributed by atoms with E-state index in [0.29, 0.717) is 0 Å². The van der Waals surface area contributed by atoms with Gasteiger partial charge < -0.3 is 15.4 Å². The smallest absolute Gasteiger partial charge is 0.246 e. The van der Waals surface area contributed by atoms with Crippen LogP contribution in [0.25, 0.3) is 0 Å². The lowest BCUT2D eigenvalue weighted by Gasteiger charge is -2.21. The van der Waals surface area contributed by atoms with E-state index >= 15 is 0 Å². The molecule has 0 aromatic carbocycles. The van der Waals surface area contributed by atoms with Crippen molar-refractivity contribution in [2.24, 2.45) is 5.41 Å². The van der Waals surface area contributed by atoms with Crippen LogP contribution in [0.15, 0.2) is 0 Å². The maximum Gasteiger partial charge on any atom is 0.246 e. The van der Waals surface area contributed by atoms with Gasteiger partial charge in [0.25, 0.3) is 0 Å². The van der Waals surface area contributed by atoms with E-state index in [1.165, 1.54) is 44.9 Å². The molecule has 0 aliphatic carbocycles. The number of rotatable bonds is 18. The molecule has 0 fully saturated rings. The van der Waals surface area contributed by atoms with Gasteiger partial charge in [0.15, 0.2) is 0 Å². The summed E-state index contributed by atoms with van der Waals surface area (Å²) in [6.07, 6.45) is 12.8. The fraction of sp³-hybridized carbons (Fsp3) is 0.913. The number of unbranched alkanes of at least 4 members (excludes halogenated alkanes) is 8. The zero-order chi connectivity index (χ0) is 21.3. The lowest BCUT2D eigenvalue weighted by Crippen LogP contribution is -2.36. The lowest BCUT2D eigenvalue weighted by atomic mass is 9.89. The Kier molecular flexibility index (Phi) is 16.2. The maximum absolute atomic E-state index is 11.9. The molecule has 0 aliphatic heterocycles. The number of amides is 2. The zero-order valence-electron chi connectivity index (χ0n) is 19.2. The summed E-state index contributed by atoms with van der Waals surface area (Å²) in [4.78, 5) is 23.5. The predicted molar refractivity (Wildman–Crippen MR) is 117 cm³/mol. The minimum atomic E-state index is -0.246. The molecule has 0 spiro atoms. The molecule has 0 aliphatic rings. The van der Waals surface area contributed by atoms with Gasteiger partial charge in [-0.3, -0.25) is 9.59 Å². The Morgan fingerprint density at radius 1 is 0.821 bits per heavy atom. The standard InChI is InChI=1S/C23H46N2O3/c1-6-20(3)28-19-21(26)24-17-15-13-11-9-8-10-12-14-16-18-25-22(27)23(4,5)7-2/h20H,6-19H2,1-5H3,(H,24,26)(H,25,27). The topological polar surface area (TPSA) is 67.4 Å². The van der Waals surface area contributed by atoms with Crippen LogP contribution >= 0.6 is 0 Å². The van der Waals surface area contributed by atoms with E-state index in [9.17, 15) is 9.59 Å². The third-order valence-corrected chi connectivity index (χ3v) is 5.53. The summed E-state index contributed by atoms with van der Waals surface area (Å²) in [6.45, 7) is 11.8. The zero-order valence-corrected chi connectivity index (χ0v) is 19.2. The second-order valence-electron chi connectivity index (χ2n) is 8.56. The Labute approximate surface area is 173 Å². The summed E-state index contributed by atoms with van der Waals surface area (Å²) < 4.78 is 5.41. The Hall–Kier alpha value is -1.10. The van der Waals surface area contributed by atoms with Crippen molar-refractivity contribution in [2.75, 3.05) is 19.7 Å². The number of hydrogen-bond donors (Lipinski definition) is 2. The van der Waals surface area contributed by atoms with Gasteiger partial charge in [-0.2, -0.15) is 0 Å². The third kappa shape index (κ3) is 14.9. The first-order chi connectivity index (χ1) is 13.3. The minimum absolute atomic E-state index is 0.00486. The van der Waals surface area contributed by atoms with Crippen LogP contribution in [0.2, 0.25) is 0 Å². The van der Waals surface area contributed by atoms with Crippen molar-refractivity contribution in [3.8, 4) is 0 Å². The molecule has 5 nitrogen and oxygen atoms in total. The molecule has 0 radical (unpaired) electrons. The number of nitrogens with one attached hydrogen (secondary N) is 2. The van der Waals surface area contributed by atoms with Gasteiger partial charge >= 0.3 is 0 Å². The molecule has 1 unspecified atom stereocenters. The highest BCUT2D eigenvalue weighted by Crippen LogP contribution is 2.19. The van der Waals surface area contributed by atoms with E-state index in [0.717, 1.165) is 38.8 Å². The van der Waals surface area contributed by atoms with Crippen molar-refractivity contribution in [3.63, 3.8) is 0 Å². The van der Waals surface area contributed by atoms with Crippen molar-refractivity contribution in [2.45, 2.75) is 111 Å². The largest absolute Gasteiger partial charge is 0.369 e. The molecule has 0 bridgehead atoms. The van der Waals surface area contributed by atoms with Crippen molar-refractivity contribution < 1.29 is 14.3 Å². The molecule has 0 saturated heterocycles. The highest BCUT2D eigenvalue weighted by molar-refractivity contribution is 5.81. The normalized spacial score (nSPS) is 12.6. The van der Waals surface area contributed by atoms with E-state index in [2.05, 4.69) is 24.5 Å². The molecule has 2 amide bonds. The van der Waals surface area contributed by atoms with E-state index < -0.39 is 0 Å². The number of ether oxygens (including phenoxy) is 1. The first-order valence-electron chi connectivity index (χ1n) is 11.5. The van der Waals surface area contributed by atoms with E-state index in [-0.39, 0.29) is 29.9 Å². The van der Waals surface area contributed by atoms with Crippen molar-refractivity contribution in [1.29, 1.82) is 0 Å². The minimum Gasteiger partial charge on any atom is -0.369 e. The quantitative estimate of drug-likeness (QED) is 0.320. The average Bonchev–Trinajstić information content (AvgIpc) is 2.69. The van der Waals surface area contributed by atoms with Crippen LogP contribution in [0.3, 0.4) is 0 Å². The van der Waals surface area contributed by atoms with Gasteiger partial charge in [0.1, 0.15) is 6.61 Å². The van der Waals surface area contributed by atoms with Gasteiger partial charge in [-0.25, -0.2) is 0 Å². The van der Waals surface area contributed by atoms with Crippen LogP contribution < -0.4 is 10.6 Å². The van der Waals surface area contributed by atoms with E-state index in [4.69, 9.17) is 4.74 Å². The molecule has 0 heterocycles. The monoisotopic (exact) mass is 398 g/mol. The molecular formula is C23H46N2O3. The molecule has 0 saturated carbocycles. The Morgan fingerprint density at radius 3 is 1.75 bits per heavy atom. The molecule has 0 aromatic rings. The van der Waals surface area contributed by atoms with Gasteiger partial charge in [0.2, 0.25) is 11.8 Å². The second kappa shape index (κ2) is 16.8. The van der Waals surface area contributed by atoms with Crippen molar-refractivity contribution in [1.82, 2.24) is 10.6 Å². The summed E-state index contributed by atoms with van der Waals surface area (Å²) in [7, 11) is 0. The van der Waals surface area contributed by atoms with Crippen LogP contribution in [-0.2, 0) is 14.3 Å². The van der Waals surface area contributed by atoms with Crippen LogP contribution in [0.5, 0.6) is 0 Å². The molecular weight excluding hydrogens is 352 g/mol. The first-order valence-corrected chi connectivity index (χ1v) is 11.5. The molecule has 1 atom stereocenters. The maximum atomic E-state index is 11.9. The van der Waals surface area contributed by atoms with Crippen molar-refractivity contribution >= 4 is 11.8 Å². The van der Waals surface area contributed by atoms with Crippen LogP contribution in [0.1, 0.15) is 105 Å². The number of hydrogen-bond acceptors (Lipinski definition) is 3. The predicted octanol–water partition coefficient (Wildman–Crippen LogP) is 4.98. The van der Waals surface area contributed by atoms with Crippen LogP contribution in [0.4, 0.5) is 0 Å². The Bertz CT molecular complexity index is 411. The molecule has 166 valence electrons. The molecule has 5 heteroatoms. The average molecular weight is 399 g/mol. The number of carbonyl (C=O) groups excluding carboxylic acids is 2. The summed E-state index contributed by atoms with van der Waals surface area (Å²) >= 11 is 0. The lowest BCUT2D eigenvalue weighted by molar-refractivity contribution is -0.129. The Morgan fingerprint density at radius 2 is 1.29 bits per heavy atom. The van der Waals surface area contributed by atoms with Gasteiger partial charge in [-0.15, -0.1) is 0 Å². The molecule has 2 N–H and O–H groups in total. The number of carbonyl (C=O) groups is 2. The summed E-state index contributed by atoms with van der Waals surface area (Å²) in [5.74, 6) is 0.170. The van der Waals surface area contributed by atoms with E-state index in [1.807, 2.05) is 20.8 Å². The Balaban J connectivity index is 3.32. The summed E-state index contributed by atoms with van der Waals surface area (Å²) in [6, 6.07) is 0. The molecule has 0 rings (SSSR count). The fourth-order valence-corrected chi connectivity index (χ4v) is 2.70. The van der Waals surface area contributed by atoms with E-state index in [1.54, 1.807) is 0 Å². The van der Waals surface area contributed by atoms with Gasteiger partial charge in [0.05, 0.1) is 6.10 Å². The van der Waals surface area contributed by atoms with Gasteiger partial charge in [-0.1, -0.05) is 72.6 Å². The summed E-state index contributed by atoms with van der Waals surface area (Å²) in [5, 5.41) is 5.97. The second-order valence-corrected chi connectivity index (χ2v) is 8.56. The van der Waals surface area contributed by atoms with Crippen LogP contribution in [0, 0.1) is 5.41 Å². The van der Waals surface area contributed by atoms with Crippen LogP contribution in [-0.4, -0.2) is 37.6 Å². The highest BCUT2D eigenvalue weighted by Gasteiger charge is 2.24. The molecule has 0 aromatic heterocycles. The third-order valence-electron chi connectivity index (χ3n) is 5.53. The van der Waals surface area contributed by atoms with Gasteiger partial charge in [0, 0.05) is 18.5 Å². The SMILES string of the molecule is CCC(C)OCC(=O)NCCCCCCCCCCCNC(=O)C(C)(C)CC. The van der Waals surface area contributed by atoms with Crippen molar-refractivity contribution in [3.05, 3.63) is 0 Å². The first kappa shape index (κ1) is 26.9. The highest BCUT2D eigenvalue weighted by atomic mass is 16.5. The van der Waals surface area contributed by atoms with Gasteiger partial charge in [-0.05, 0) is 32.6 Å². The fourth-order valence-electron chi connectivity index (χ4n) is 2.70. The molecule has 28 heavy (non-hydrogen) atoms. The summed E-state index contributed by atoms with van der Waals surface area (Å²) in [5.41, 5.74) is -0.246.